The number of rotatable bonds is 5. The van der Waals surface area contributed by atoms with Gasteiger partial charge in [0.25, 0.3) is 0 Å². The third kappa shape index (κ3) is 3.82. The van der Waals surface area contributed by atoms with Crippen molar-refractivity contribution in [3.63, 3.8) is 0 Å². The van der Waals surface area contributed by atoms with E-state index in [4.69, 9.17) is 0 Å². The average Bonchev–Trinajstić information content (AvgIpc) is 2.71. The molecule has 0 bridgehead atoms. The summed E-state index contributed by atoms with van der Waals surface area (Å²) in [5.41, 5.74) is 1.49. The second-order valence-corrected chi connectivity index (χ2v) is 8.12. The van der Waals surface area contributed by atoms with Gasteiger partial charge < -0.3 is 5.32 Å². The first kappa shape index (κ1) is 14.5. The number of aryl methyl sites for hydroxylation is 1. The van der Waals surface area contributed by atoms with Crippen LogP contribution in [0.2, 0.25) is 0 Å². The van der Waals surface area contributed by atoms with Gasteiger partial charge in [0.2, 0.25) is 0 Å². The highest BCUT2D eigenvalue weighted by molar-refractivity contribution is 9.11. The van der Waals surface area contributed by atoms with Crippen molar-refractivity contribution in [2.45, 2.75) is 57.9 Å². The Balaban J connectivity index is 1.90. The molecule has 1 aromatic heterocycles. The van der Waals surface area contributed by atoms with Crippen molar-refractivity contribution in [1.29, 1.82) is 0 Å². The molecule has 3 heteroatoms. The maximum absolute atomic E-state index is 3.60. The Labute approximate surface area is 123 Å². The van der Waals surface area contributed by atoms with E-state index in [1.807, 2.05) is 11.3 Å². The van der Waals surface area contributed by atoms with E-state index >= 15 is 0 Å². The van der Waals surface area contributed by atoms with E-state index < -0.39 is 0 Å². The Morgan fingerprint density at radius 1 is 1.39 bits per heavy atom. The molecule has 1 saturated carbocycles. The van der Waals surface area contributed by atoms with E-state index in [9.17, 15) is 0 Å². The van der Waals surface area contributed by atoms with Crippen LogP contribution in [-0.4, -0.2) is 7.05 Å². The van der Waals surface area contributed by atoms with Gasteiger partial charge in [0.05, 0.1) is 3.79 Å². The summed E-state index contributed by atoms with van der Waals surface area (Å²) in [6.07, 6.45) is 9.97. The summed E-state index contributed by atoms with van der Waals surface area (Å²) >= 11 is 5.45. The van der Waals surface area contributed by atoms with Gasteiger partial charge in [0.15, 0.2) is 0 Å². The van der Waals surface area contributed by atoms with Crippen molar-refractivity contribution in [2.75, 3.05) is 7.05 Å². The minimum atomic E-state index is 0.537. The monoisotopic (exact) mass is 329 g/mol. The van der Waals surface area contributed by atoms with Crippen molar-refractivity contribution in [3.05, 3.63) is 20.3 Å². The lowest BCUT2D eigenvalue weighted by molar-refractivity contribution is 0.317. The van der Waals surface area contributed by atoms with Crippen LogP contribution in [0.25, 0.3) is 0 Å². The highest BCUT2D eigenvalue weighted by atomic mass is 79.9. The summed E-state index contributed by atoms with van der Waals surface area (Å²) in [5.74, 6) is 0.983. The molecule has 1 N–H and O–H groups in total. The predicted octanol–water partition coefficient (Wildman–Crippen LogP) is 5.44. The normalized spacial score (nSPS) is 19.1. The lowest BCUT2D eigenvalue weighted by Gasteiger charge is -2.24. The molecule has 0 spiro atoms. The van der Waals surface area contributed by atoms with Gasteiger partial charge in [0.1, 0.15) is 0 Å². The van der Waals surface area contributed by atoms with Crippen LogP contribution in [0.3, 0.4) is 0 Å². The summed E-state index contributed by atoms with van der Waals surface area (Å²) in [4.78, 5) is 1.45. The van der Waals surface area contributed by atoms with Gasteiger partial charge >= 0.3 is 0 Å². The van der Waals surface area contributed by atoms with E-state index in [2.05, 4.69) is 41.3 Å². The van der Waals surface area contributed by atoms with Gasteiger partial charge in [-0.1, -0.05) is 32.1 Å². The van der Waals surface area contributed by atoms with Crippen molar-refractivity contribution >= 4 is 27.3 Å². The van der Waals surface area contributed by atoms with E-state index in [1.165, 1.54) is 59.2 Å². The van der Waals surface area contributed by atoms with E-state index in [-0.39, 0.29) is 0 Å². The molecule has 102 valence electrons. The summed E-state index contributed by atoms with van der Waals surface area (Å²) in [7, 11) is 2.09. The molecule has 1 aliphatic carbocycles. The van der Waals surface area contributed by atoms with Gasteiger partial charge in [0, 0.05) is 10.9 Å². The molecular formula is C15H24BrNS. The molecule has 0 aromatic carbocycles. The number of hydrogen-bond acceptors (Lipinski definition) is 2. The van der Waals surface area contributed by atoms with Crippen LogP contribution in [0.4, 0.5) is 0 Å². The lowest BCUT2D eigenvalue weighted by atomic mass is 9.84. The Morgan fingerprint density at radius 3 is 2.67 bits per heavy atom. The molecule has 1 atom stereocenters. The van der Waals surface area contributed by atoms with Crippen LogP contribution in [0, 0.1) is 12.8 Å². The third-order valence-corrected chi connectivity index (χ3v) is 5.81. The van der Waals surface area contributed by atoms with Crippen LogP contribution >= 0.6 is 27.3 Å². The van der Waals surface area contributed by atoms with Gasteiger partial charge in [-0.05, 0) is 60.3 Å². The molecule has 1 unspecified atom stereocenters. The summed E-state index contributed by atoms with van der Waals surface area (Å²) < 4.78 is 1.26. The topological polar surface area (TPSA) is 12.0 Å². The van der Waals surface area contributed by atoms with E-state index in [0.717, 1.165) is 5.92 Å². The SMILES string of the molecule is CNC(CCC1CCCCC1)c1cc(Br)sc1C. The quantitative estimate of drug-likeness (QED) is 0.758. The Bertz CT molecular complexity index is 369. The fourth-order valence-electron chi connectivity index (χ4n) is 3.14. The Kier molecular flexibility index (Phi) is 5.71. The van der Waals surface area contributed by atoms with Crippen molar-refractivity contribution in [1.82, 2.24) is 5.32 Å². The van der Waals surface area contributed by atoms with E-state index in [0.29, 0.717) is 6.04 Å². The van der Waals surface area contributed by atoms with Crippen LogP contribution in [0.5, 0.6) is 0 Å². The molecule has 0 radical (unpaired) electrons. The molecule has 18 heavy (non-hydrogen) atoms. The zero-order chi connectivity index (χ0) is 13.0. The molecule has 2 rings (SSSR count). The number of thiophene rings is 1. The van der Waals surface area contributed by atoms with Crippen molar-refractivity contribution in [3.8, 4) is 0 Å². The fraction of sp³-hybridized carbons (Fsp3) is 0.733. The molecule has 1 aromatic rings. The van der Waals surface area contributed by atoms with Crippen molar-refractivity contribution < 1.29 is 0 Å². The van der Waals surface area contributed by atoms with Crippen LogP contribution in [0.1, 0.15) is 61.4 Å². The summed E-state index contributed by atoms with van der Waals surface area (Å²) in [6.45, 7) is 2.23. The first-order chi connectivity index (χ1) is 8.70. The molecule has 1 aliphatic rings. The minimum absolute atomic E-state index is 0.537. The molecule has 1 heterocycles. The first-order valence-electron chi connectivity index (χ1n) is 7.13. The molecule has 1 fully saturated rings. The lowest BCUT2D eigenvalue weighted by Crippen LogP contribution is -2.18. The number of halogens is 1. The maximum Gasteiger partial charge on any atom is 0.0704 e. The van der Waals surface area contributed by atoms with Crippen molar-refractivity contribution in [2.24, 2.45) is 5.92 Å². The zero-order valence-corrected chi connectivity index (χ0v) is 13.9. The van der Waals surface area contributed by atoms with Crippen LogP contribution in [0.15, 0.2) is 9.85 Å². The number of hydrogen-bond donors (Lipinski definition) is 1. The number of nitrogens with one attached hydrogen (secondary N) is 1. The molecular weight excluding hydrogens is 306 g/mol. The van der Waals surface area contributed by atoms with Gasteiger partial charge in [-0.2, -0.15) is 0 Å². The first-order valence-corrected chi connectivity index (χ1v) is 8.74. The van der Waals surface area contributed by atoms with E-state index in [1.54, 1.807) is 0 Å². The molecule has 1 nitrogen and oxygen atoms in total. The molecule has 0 amide bonds. The van der Waals surface area contributed by atoms with Gasteiger partial charge in [-0.15, -0.1) is 11.3 Å². The third-order valence-electron chi connectivity index (χ3n) is 4.24. The van der Waals surface area contributed by atoms with Gasteiger partial charge in [-0.3, -0.25) is 0 Å². The Morgan fingerprint density at radius 2 is 2.11 bits per heavy atom. The predicted molar refractivity (Wildman–Crippen MR) is 84.4 cm³/mol. The maximum atomic E-state index is 3.60. The highest BCUT2D eigenvalue weighted by Crippen LogP contribution is 2.35. The largest absolute Gasteiger partial charge is 0.313 e. The second kappa shape index (κ2) is 7.06. The smallest absolute Gasteiger partial charge is 0.0704 e. The highest BCUT2D eigenvalue weighted by Gasteiger charge is 2.18. The Hall–Kier alpha value is 0.140. The summed E-state index contributed by atoms with van der Waals surface area (Å²) in [5, 5.41) is 3.50. The second-order valence-electron chi connectivity index (χ2n) is 5.48. The fourth-order valence-corrected chi connectivity index (χ4v) is 4.91. The summed E-state index contributed by atoms with van der Waals surface area (Å²) in [6, 6.07) is 2.83. The molecule has 0 saturated heterocycles. The average molecular weight is 330 g/mol. The van der Waals surface area contributed by atoms with Crippen LogP contribution in [-0.2, 0) is 0 Å². The minimum Gasteiger partial charge on any atom is -0.313 e. The van der Waals surface area contributed by atoms with Crippen LogP contribution < -0.4 is 5.32 Å². The molecule has 0 aliphatic heterocycles. The van der Waals surface area contributed by atoms with Gasteiger partial charge in [-0.25, -0.2) is 0 Å². The zero-order valence-electron chi connectivity index (χ0n) is 11.5. The standard InChI is InChI=1S/C15H24BrNS/c1-11-13(10-15(16)18-11)14(17-2)9-8-12-6-4-3-5-7-12/h10,12,14,17H,3-9H2,1-2H3.